The summed E-state index contributed by atoms with van der Waals surface area (Å²) < 4.78 is 34.3. The standard InChI is InChI=1S/C5H8FN3O2S/c1-3-4-7-8-5(9(4)2)12(6,10)11/h3H2,1-2H3. The van der Waals surface area contributed by atoms with Gasteiger partial charge in [-0.05, 0) is 0 Å². The van der Waals surface area contributed by atoms with Crippen molar-refractivity contribution in [2.75, 3.05) is 0 Å². The van der Waals surface area contributed by atoms with Crippen LogP contribution in [0.5, 0.6) is 0 Å². The van der Waals surface area contributed by atoms with E-state index in [0.29, 0.717) is 12.2 Å². The predicted octanol–water partition coefficient (Wildman–Crippen LogP) is 0.0357. The van der Waals surface area contributed by atoms with Gasteiger partial charge in [-0.15, -0.1) is 10.2 Å². The molecule has 1 rings (SSSR count). The first-order valence-corrected chi connectivity index (χ1v) is 4.68. The SMILES string of the molecule is CCc1nnc(S(=O)(=O)F)n1C. The molecule has 0 atom stereocenters. The maximum Gasteiger partial charge on any atom is 0.368 e. The Kier molecular flexibility index (Phi) is 2.14. The largest absolute Gasteiger partial charge is 0.368 e. The van der Waals surface area contributed by atoms with Gasteiger partial charge in [0.05, 0.1) is 0 Å². The van der Waals surface area contributed by atoms with Crippen LogP contribution in [0.3, 0.4) is 0 Å². The Morgan fingerprint density at radius 1 is 1.50 bits per heavy atom. The monoisotopic (exact) mass is 193 g/mol. The Labute approximate surface area is 69.4 Å². The van der Waals surface area contributed by atoms with Gasteiger partial charge in [0.15, 0.2) is 0 Å². The summed E-state index contributed by atoms with van der Waals surface area (Å²) in [5.74, 6) is 0.436. The molecular weight excluding hydrogens is 185 g/mol. The Hall–Kier alpha value is -0.980. The molecule has 0 aliphatic heterocycles. The van der Waals surface area contributed by atoms with E-state index < -0.39 is 15.4 Å². The van der Waals surface area contributed by atoms with Crippen molar-refractivity contribution in [3.63, 3.8) is 0 Å². The van der Waals surface area contributed by atoms with Crippen molar-refractivity contribution < 1.29 is 12.3 Å². The molecule has 0 radical (unpaired) electrons. The van der Waals surface area contributed by atoms with Gasteiger partial charge in [-0.3, -0.25) is 0 Å². The molecule has 0 fully saturated rings. The third-order valence-corrected chi connectivity index (χ3v) is 2.25. The van der Waals surface area contributed by atoms with Gasteiger partial charge in [-0.2, -0.15) is 8.42 Å². The van der Waals surface area contributed by atoms with Gasteiger partial charge < -0.3 is 4.57 Å². The van der Waals surface area contributed by atoms with Crippen molar-refractivity contribution in [3.8, 4) is 0 Å². The van der Waals surface area contributed by atoms with Crippen LogP contribution in [0, 0.1) is 0 Å². The molecular formula is C5H8FN3O2S. The molecule has 0 unspecified atom stereocenters. The fourth-order valence-corrected chi connectivity index (χ4v) is 1.44. The number of rotatable bonds is 2. The average Bonchev–Trinajstić information content (AvgIpc) is 2.29. The van der Waals surface area contributed by atoms with Crippen LogP contribution in [0.15, 0.2) is 5.16 Å². The number of aromatic nitrogens is 3. The average molecular weight is 193 g/mol. The van der Waals surface area contributed by atoms with Crippen molar-refractivity contribution in [3.05, 3.63) is 5.82 Å². The number of halogens is 1. The number of nitrogens with zero attached hydrogens (tertiary/aromatic N) is 3. The molecule has 12 heavy (non-hydrogen) atoms. The quantitative estimate of drug-likeness (QED) is 0.622. The Bertz CT molecular complexity index is 383. The fraction of sp³-hybridized carbons (Fsp3) is 0.600. The highest BCUT2D eigenvalue weighted by Crippen LogP contribution is 2.09. The zero-order valence-electron chi connectivity index (χ0n) is 6.65. The zero-order chi connectivity index (χ0) is 9.35. The van der Waals surface area contributed by atoms with Crippen molar-refractivity contribution in [2.45, 2.75) is 18.5 Å². The molecule has 1 heterocycles. The van der Waals surface area contributed by atoms with Crippen molar-refractivity contribution in [2.24, 2.45) is 7.05 Å². The summed E-state index contributed by atoms with van der Waals surface area (Å²) in [6.45, 7) is 1.78. The third kappa shape index (κ3) is 1.45. The maximum absolute atomic E-state index is 12.4. The van der Waals surface area contributed by atoms with E-state index in [1.54, 1.807) is 6.92 Å². The van der Waals surface area contributed by atoms with Gasteiger partial charge in [0.1, 0.15) is 5.82 Å². The van der Waals surface area contributed by atoms with E-state index >= 15 is 0 Å². The first kappa shape index (κ1) is 9.11. The topological polar surface area (TPSA) is 64.8 Å². The Morgan fingerprint density at radius 3 is 2.33 bits per heavy atom. The second-order valence-corrected chi connectivity index (χ2v) is 3.49. The summed E-state index contributed by atoms with van der Waals surface area (Å²) in [6, 6.07) is 0. The van der Waals surface area contributed by atoms with Crippen LogP contribution in [-0.2, 0) is 23.7 Å². The van der Waals surface area contributed by atoms with Crippen molar-refractivity contribution in [1.82, 2.24) is 14.8 Å². The van der Waals surface area contributed by atoms with Crippen LogP contribution in [0.1, 0.15) is 12.7 Å². The van der Waals surface area contributed by atoms with Crippen molar-refractivity contribution in [1.29, 1.82) is 0 Å². The van der Waals surface area contributed by atoms with Gasteiger partial charge in [-0.25, -0.2) is 0 Å². The molecule has 0 aliphatic rings. The number of aryl methyl sites for hydroxylation is 1. The summed E-state index contributed by atoms with van der Waals surface area (Å²) in [4.78, 5) is 0. The molecule has 68 valence electrons. The van der Waals surface area contributed by atoms with Crippen molar-refractivity contribution >= 4 is 10.2 Å². The second-order valence-electron chi connectivity index (χ2n) is 2.25. The molecule has 0 aromatic carbocycles. The highest BCUT2D eigenvalue weighted by molar-refractivity contribution is 7.86. The van der Waals surface area contributed by atoms with Gasteiger partial charge in [0.25, 0.3) is 5.16 Å². The predicted molar refractivity (Wildman–Crippen MR) is 38.7 cm³/mol. The summed E-state index contributed by atoms with van der Waals surface area (Å²) >= 11 is 0. The van der Waals surface area contributed by atoms with Crippen LogP contribution in [-0.4, -0.2) is 23.2 Å². The molecule has 0 saturated carbocycles. The van der Waals surface area contributed by atoms with Gasteiger partial charge in [0.2, 0.25) is 0 Å². The Balaban J connectivity index is 3.30. The van der Waals surface area contributed by atoms with Crippen LogP contribution in [0.4, 0.5) is 3.89 Å². The van der Waals surface area contributed by atoms with E-state index in [1.807, 2.05) is 0 Å². The van der Waals surface area contributed by atoms with Crippen LogP contribution >= 0.6 is 0 Å². The van der Waals surface area contributed by atoms with E-state index in [2.05, 4.69) is 10.2 Å². The third-order valence-electron chi connectivity index (χ3n) is 1.46. The molecule has 7 heteroatoms. The van der Waals surface area contributed by atoms with E-state index in [9.17, 15) is 12.3 Å². The zero-order valence-corrected chi connectivity index (χ0v) is 7.47. The maximum atomic E-state index is 12.4. The molecule has 0 bridgehead atoms. The van der Waals surface area contributed by atoms with E-state index in [0.717, 1.165) is 4.57 Å². The number of hydrogen-bond donors (Lipinski definition) is 0. The van der Waals surface area contributed by atoms with Crippen LogP contribution < -0.4 is 0 Å². The first-order chi connectivity index (χ1) is 5.46. The molecule has 0 amide bonds. The minimum absolute atomic E-state index is 0.436. The molecule has 1 aromatic heterocycles. The van der Waals surface area contributed by atoms with E-state index in [4.69, 9.17) is 0 Å². The Morgan fingerprint density at radius 2 is 2.08 bits per heavy atom. The fourth-order valence-electron chi connectivity index (χ4n) is 0.865. The van der Waals surface area contributed by atoms with Gasteiger partial charge in [0, 0.05) is 13.5 Å². The smallest absolute Gasteiger partial charge is 0.303 e. The van der Waals surface area contributed by atoms with Crippen LogP contribution in [0.2, 0.25) is 0 Å². The lowest BCUT2D eigenvalue weighted by atomic mass is 10.5. The minimum atomic E-state index is -4.73. The summed E-state index contributed by atoms with van der Waals surface area (Å²) in [5, 5.41) is 6.06. The van der Waals surface area contributed by atoms with Gasteiger partial charge in [-0.1, -0.05) is 10.8 Å². The highest BCUT2D eigenvalue weighted by atomic mass is 32.3. The first-order valence-electron chi connectivity index (χ1n) is 3.29. The molecule has 5 nitrogen and oxygen atoms in total. The minimum Gasteiger partial charge on any atom is -0.303 e. The summed E-state index contributed by atoms with van der Waals surface area (Å²) in [7, 11) is -3.33. The van der Waals surface area contributed by atoms with Gasteiger partial charge >= 0.3 is 10.2 Å². The van der Waals surface area contributed by atoms with E-state index in [1.165, 1.54) is 7.05 Å². The molecule has 0 spiro atoms. The number of hydrogen-bond acceptors (Lipinski definition) is 4. The molecule has 0 N–H and O–H groups in total. The highest BCUT2D eigenvalue weighted by Gasteiger charge is 2.20. The van der Waals surface area contributed by atoms with Crippen LogP contribution in [0.25, 0.3) is 0 Å². The van der Waals surface area contributed by atoms with E-state index in [-0.39, 0.29) is 0 Å². The normalized spacial score (nSPS) is 11.9. The molecule has 0 saturated heterocycles. The summed E-state index contributed by atoms with van der Waals surface area (Å²) in [6.07, 6.45) is 0.513. The lowest BCUT2D eigenvalue weighted by Gasteiger charge is -1.96. The lowest BCUT2D eigenvalue weighted by Crippen LogP contribution is -2.04. The lowest BCUT2D eigenvalue weighted by molar-refractivity contribution is 0.532. The second kappa shape index (κ2) is 2.81. The summed E-state index contributed by atoms with van der Waals surface area (Å²) in [5.41, 5.74) is 0. The molecule has 1 aromatic rings. The molecule has 0 aliphatic carbocycles.